The number of rotatable bonds is 7. The Morgan fingerprint density at radius 3 is 3.00 bits per heavy atom. The second kappa shape index (κ2) is 9.51. The molecule has 2 N–H and O–H groups in total. The number of nitrogens with zero attached hydrogens (tertiary/aromatic N) is 2. The van der Waals surface area contributed by atoms with Crippen LogP contribution in [0.2, 0.25) is 0 Å². The van der Waals surface area contributed by atoms with Crippen LogP contribution in [-0.2, 0) is 9.53 Å². The maximum absolute atomic E-state index is 12.5. The zero-order valence-corrected chi connectivity index (χ0v) is 20.6. The van der Waals surface area contributed by atoms with Crippen molar-refractivity contribution in [1.82, 2.24) is 10.3 Å². The van der Waals surface area contributed by atoms with E-state index in [1.54, 1.807) is 12.0 Å². The highest BCUT2D eigenvalue weighted by atomic mass is 32.2. The molecule has 1 unspecified atom stereocenters. The van der Waals surface area contributed by atoms with E-state index in [4.69, 9.17) is 14.2 Å². The SMILES string of the molecule is COc1ccc2ccc3c(c2n1)C(CCNC[C@@H]1CN(c2ccc4c(c2)NC(=O)CS4)C(=O)O1)CO3. The number of carbonyl (C=O) groups is 2. The quantitative estimate of drug-likeness (QED) is 0.467. The number of hydrogen-bond donors (Lipinski definition) is 2. The summed E-state index contributed by atoms with van der Waals surface area (Å²) < 4.78 is 16.8. The summed E-state index contributed by atoms with van der Waals surface area (Å²) in [4.78, 5) is 31.5. The summed E-state index contributed by atoms with van der Waals surface area (Å²) in [5.41, 5.74) is 3.51. The molecule has 186 valence electrons. The first-order valence-corrected chi connectivity index (χ1v) is 12.9. The van der Waals surface area contributed by atoms with E-state index in [0.29, 0.717) is 31.3 Å². The minimum atomic E-state index is -0.374. The molecule has 0 spiro atoms. The fourth-order valence-electron chi connectivity index (χ4n) is 4.93. The summed E-state index contributed by atoms with van der Waals surface area (Å²) >= 11 is 1.50. The molecule has 2 aromatic carbocycles. The van der Waals surface area contributed by atoms with E-state index in [1.165, 1.54) is 11.8 Å². The van der Waals surface area contributed by atoms with E-state index in [-0.39, 0.29) is 24.0 Å². The van der Waals surface area contributed by atoms with Gasteiger partial charge in [0.15, 0.2) is 0 Å². The minimum Gasteiger partial charge on any atom is -0.493 e. The van der Waals surface area contributed by atoms with Gasteiger partial charge in [-0.25, -0.2) is 9.78 Å². The Kier molecular flexibility index (Phi) is 6.06. The van der Waals surface area contributed by atoms with Crippen LogP contribution in [0.25, 0.3) is 10.9 Å². The second-order valence-electron chi connectivity index (χ2n) is 9.04. The van der Waals surface area contributed by atoms with E-state index in [1.807, 2.05) is 42.5 Å². The third-order valence-electron chi connectivity index (χ3n) is 6.72. The van der Waals surface area contributed by atoms with Gasteiger partial charge in [-0.2, -0.15) is 0 Å². The number of fused-ring (bicyclic) bond motifs is 4. The molecule has 0 saturated carbocycles. The van der Waals surface area contributed by atoms with E-state index in [2.05, 4.69) is 15.6 Å². The van der Waals surface area contributed by atoms with Crippen LogP contribution in [-0.4, -0.2) is 62.2 Å². The van der Waals surface area contributed by atoms with Crippen molar-refractivity contribution in [1.29, 1.82) is 0 Å². The molecule has 36 heavy (non-hydrogen) atoms. The zero-order valence-electron chi connectivity index (χ0n) is 19.8. The van der Waals surface area contributed by atoms with Crippen molar-refractivity contribution in [2.45, 2.75) is 23.3 Å². The normalized spacial score (nSPS) is 20.5. The maximum atomic E-state index is 12.5. The van der Waals surface area contributed by atoms with Crippen molar-refractivity contribution < 1.29 is 23.8 Å². The molecular formula is C26H26N4O5S. The first kappa shape index (κ1) is 22.9. The van der Waals surface area contributed by atoms with Crippen LogP contribution < -0.4 is 25.0 Å². The Bertz CT molecular complexity index is 1350. The summed E-state index contributed by atoms with van der Waals surface area (Å²) in [6, 6.07) is 13.6. The molecule has 4 heterocycles. The Labute approximate surface area is 212 Å². The number of carbonyl (C=O) groups excluding carboxylic acids is 2. The molecule has 6 rings (SSSR count). The molecule has 3 aromatic rings. The molecular weight excluding hydrogens is 480 g/mol. The minimum absolute atomic E-state index is 0.0334. The van der Waals surface area contributed by atoms with Gasteiger partial charge in [0.25, 0.3) is 0 Å². The highest BCUT2D eigenvalue weighted by molar-refractivity contribution is 8.00. The molecule has 1 aromatic heterocycles. The van der Waals surface area contributed by atoms with E-state index in [9.17, 15) is 9.59 Å². The van der Waals surface area contributed by atoms with Gasteiger partial charge in [-0.05, 0) is 49.4 Å². The van der Waals surface area contributed by atoms with Gasteiger partial charge < -0.3 is 24.8 Å². The van der Waals surface area contributed by atoms with Gasteiger partial charge in [0.05, 0.1) is 37.2 Å². The standard InChI is InChI=1S/C26H26N4O5S/c1-33-23-7-3-15-2-5-20-24(25(15)29-23)16(13-34-20)8-9-27-11-18-12-30(26(32)35-18)17-4-6-21-19(10-17)28-22(31)14-36-21/h2-7,10,16,18,27H,8-9,11-14H2,1H3,(H,28,31)/t16?,18-/m1/s1. The first-order chi connectivity index (χ1) is 17.6. The highest BCUT2D eigenvalue weighted by Crippen LogP contribution is 2.40. The molecule has 1 saturated heterocycles. The van der Waals surface area contributed by atoms with Crippen molar-refractivity contribution in [2.75, 3.05) is 49.3 Å². The van der Waals surface area contributed by atoms with Gasteiger partial charge in [0.2, 0.25) is 11.8 Å². The third-order valence-corrected chi connectivity index (χ3v) is 7.79. The molecule has 2 amide bonds. The number of pyridine rings is 1. The van der Waals surface area contributed by atoms with Crippen molar-refractivity contribution >= 4 is 46.0 Å². The number of nitrogens with one attached hydrogen (secondary N) is 2. The smallest absolute Gasteiger partial charge is 0.414 e. The molecule has 0 aliphatic carbocycles. The molecule has 3 aliphatic rings. The lowest BCUT2D eigenvalue weighted by Crippen LogP contribution is -2.32. The summed E-state index contributed by atoms with van der Waals surface area (Å²) in [5.74, 6) is 2.07. The number of cyclic esters (lactones) is 1. The van der Waals surface area contributed by atoms with E-state index >= 15 is 0 Å². The number of ether oxygens (including phenoxy) is 3. The number of hydrogen-bond acceptors (Lipinski definition) is 8. The maximum Gasteiger partial charge on any atom is 0.414 e. The topological polar surface area (TPSA) is 102 Å². The van der Waals surface area contributed by atoms with Gasteiger partial charge in [-0.15, -0.1) is 11.8 Å². The molecule has 2 atom stereocenters. The van der Waals surface area contributed by atoms with Crippen molar-refractivity contribution in [3.05, 3.63) is 48.0 Å². The van der Waals surface area contributed by atoms with Gasteiger partial charge in [0.1, 0.15) is 11.9 Å². The third kappa shape index (κ3) is 4.31. The fraction of sp³-hybridized carbons (Fsp3) is 0.346. The highest BCUT2D eigenvalue weighted by Gasteiger charge is 2.33. The average molecular weight is 507 g/mol. The van der Waals surface area contributed by atoms with E-state index < -0.39 is 0 Å². The number of thioether (sulfide) groups is 1. The fourth-order valence-corrected chi connectivity index (χ4v) is 5.72. The van der Waals surface area contributed by atoms with Gasteiger partial charge in [-0.1, -0.05) is 0 Å². The molecule has 1 fully saturated rings. The summed E-state index contributed by atoms with van der Waals surface area (Å²) in [6.07, 6.45) is 0.245. The number of methoxy groups -OCH3 is 1. The summed E-state index contributed by atoms with van der Waals surface area (Å²) in [7, 11) is 1.62. The van der Waals surface area contributed by atoms with Gasteiger partial charge >= 0.3 is 6.09 Å². The number of aromatic nitrogens is 1. The number of anilines is 2. The zero-order chi connectivity index (χ0) is 24.6. The lowest BCUT2D eigenvalue weighted by atomic mass is 9.95. The van der Waals surface area contributed by atoms with Crippen LogP contribution in [0.4, 0.5) is 16.2 Å². The molecule has 0 radical (unpaired) electrons. The van der Waals surface area contributed by atoms with Crippen LogP contribution in [0.15, 0.2) is 47.4 Å². The summed E-state index contributed by atoms with van der Waals surface area (Å²) in [6.45, 7) is 2.38. The van der Waals surface area contributed by atoms with Crippen molar-refractivity contribution in [2.24, 2.45) is 0 Å². The Morgan fingerprint density at radius 1 is 1.22 bits per heavy atom. The molecule has 9 nitrogen and oxygen atoms in total. The average Bonchev–Trinajstić information content (AvgIpc) is 3.49. The van der Waals surface area contributed by atoms with Gasteiger partial charge in [-0.3, -0.25) is 9.69 Å². The van der Waals surface area contributed by atoms with Gasteiger partial charge in [0, 0.05) is 40.1 Å². The molecule has 3 aliphatic heterocycles. The monoisotopic (exact) mass is 506 g/mol. The number of amides is 2. The van der Waals surface area contributed by atoms with Crippen LogP contribution in [0, 0.1) is 0 Å². The second-order valence-corrected chi connectivity index (χ2v) is 10.1. The Balaban J connectivity index is 1.05. The lowest BCUT2D eigenvalue weighted by Gasteiger charge is -2.20. The van der Waals surface area contributed by atoms with Crippen LogP contribution in [0.1, 0.15) is 17.9 Å². The van der Waals surface area contributed by atoms with Crippen LogP contribution in [0.5, 0.6) is 11.6 Å². The number of benzene rings is 2. The molecule has 10 heteroatoms. The Morgan fingerprint density at radius 2 is 2.11 bits per heavy atom. The van der Waals surface area contributed by atoms with Crippen LogP contribution >= 0.6 is 11.8 Å². The first-order valence-electron chi connectivity index (χ1n) is 11.9. The molecule has 0 bridgehead atoms. The summed E-state index contributed by atoms with van der Waals surface area (Å²) in [5, 5.41) is 7.38. The predicted octanol–water partition coefficient (Wildman–Crippen LogP) is 3.77. The Hall–Kier alpha value is -3.50. The lowest BCUT2D eigenvalue weighted by molar-refractivity contribution is -0.113. The predicted molar refractivity (Wildman–Crippen MR) is 137 cm³/mol. The van der Waals surface area contributed by atoms with Crippen LogP contribution in [0.3, 0.4) is 0 Å². The van der Waals surface area contributed by atoms with E-state index in [0.717, 1.165) is 51.5 Å². The van der Waals surface area contributed by atoms with Crippen molar-refractivity contribution in [3.8, 4) is 11.6 Å². The largest absolute Gasteiger partial charge is 0.493 e. The van der Waals surface area contributed by atoms with Crippen molar-refractivity contribution in [3.63, 3.8) is 0 Å².